The first-order valence-corrected chi connectivity index (χ1v) is 7.93. The van der Waals surface area contributed by atoms with Crippen LogP contribution < -0.4 is 20.1 Å². The van der Waals surface area contributed by atoms with E-state index in [4.69, 9.17) is 14.2 Å². The molecule has 0 atom stereocenters. The Morgan fingerprint density at radius 1 is 1.26 bits per heavy atom. The molecule has 0 aliphatic carbocycles. The number of ether oxygens (including phenoxy) is 3. The number of nitrogens with one attached hydrogen (secondary N) is 2. The highest BCUT2D eigenvalue weighted by Gasteiger charge is 2.17. The van der Waals surface area contributed by atoms with Crippen LogP contribution in [-0.2, 0) is 11.3 Å². The maximum Gasteiger partial charge on any atom is 0.191 e. The molecule has 1 aromatic carbocycles. The molecule has 0 aromatic heterocycles. The van der Waals surface area contributed by atoms with Crippen molar-refractivity contribution in [1.29, 1.82) is 0 Å². The Morgan fingerprint density at radius 3 is 2.78 bits per heavy atom. The summed E-state index contributed by atoms with van der Waals surface area (Å²) in [4.78, 5) is 4.24. The predicted octanol–water partition coefficient (Wildman–Crippen LogP) is 1.94. The largest absolute Gasteiger partial charge is 0.490 e. The van der Waals surface area contributed by atoms with Gasteiger partial charge in [0.1, 0.15) is 0 Å². The first-order chi connectivity index (χ1) is 11.1. The van der Waals surface area contributed by atoms with Gasteiger partial charge in [0.25, 0.3) is 0 Å². The van der Waals surface area contributed by atoms with Crippen LogP contribution in [-0.4, -0.2) is 45.5 Å². The van der Waals surface area contributed by atoms with Gasteiger partial charge in [0.2, 0.25) is 0 Å². The second-order valence-electron chi connectivity index (χ2n) is 6.04. The topological polar surface area (TPSA) is 64.1 Å². The fourth-order valence-electron chi connectivity index (χ4n) is 2.16. The number of para-hydroxylation sites is 1. The molecule has 1 heterocycles. The van der Waals surface area contributed by atoms with Gasteiger partial charge >= 0.3 is 0 Å². The Hall–Kier alpha value is -1.95. The van der Waals surface area contributed by atoms with Gasteiger partial charge in [-0.3, -0.25) is 4.99 Å². The SMILES string of the molecule is CN=C(NCc1cccc2c1OCCCO2)NCC(C)(C)OC. The van der Waals surface area contributed by atoms with Crippen molar-refractivity contribution in [2.75, 3.05) is 33.9 Å². The van der Waals surface area contributed by atoms with Crippen molar-refractivity contribution in [2.45, 2.75) is 32.4 Å². The van der Waals surface area contributed by atoms with E-state index in [0.29, 0.717) is 26.3 Å². The van der Waals surface area contributed by atoms with Crippen molar-refractivity contribution in [2.24, 2.45) is 4.99 Å². The minimum absolute atomic E-state index is 0.252. The van der Waals surface area contributed by atoms with Gasteiger partial charge in [0.15, 0.2) is 17.5 Å². The van der Waals surface area contributed by atoms with Crippen molar-refractivity contribution >= 4 is 5.96 Å². The predicted molar refractivity (Wildman–Crippen MR) is 91.3 cm³/mol. The highest BCUT2D eigenvalue weighted by Crippen LogP contribution is 2.33. The number of hydrogen-bond donors (Lipinski definition) is 2. The van der Waals surface area contributed by atoms with Gasteiger partial charge in [0.05, 0.1) is 18.8 Å². The number of guanidine groups is 1. The van der Waals surface area contributed by atoms with Crippen LogP contribution in [0.5, 0.6) is 11.5 Å². The van der Waals surface area contributed by atoms with E-state index in [2.05, 4.69) is 15.6 Å². The van der Waals surface area contributed by atoms with Gasteiger partial charge in [0, 0.05) is 39.2 Å². The summed E-state index contributed by atoms with van der Waals surface area (Å²) >= 11 is 0. The fourth-order valence-corrected chi connectivity index (χ4v) is 2.16. The zero-order chi connectivity index (χ0) is 16.7. The average Bonchev–Trinajstić information content (AvgIpc) is 2.81. The van der Waals surface area contributed by atoms with Gasteiger partial charge in [-0.25, -0.2) is 0 Å². The number of aliphatic imine (C=N–C) groups is 1. The lowest BCUT2D eigenvalue weighted by atomic mass is 10.1. The van der Waals surface area contributed by atoms with Crippen LogP contribution in [0.2, 0.25) is 0 Å². The highest BCUT2D eigenvalue weighted by atomic mass is 16.5. The molecule has 2 rings (SSSR count). The number of hydrogen-bond acceptors (Lipinski definition) is 4. The summed E-state index contributed by atoms with van der Waals surface area (Å²) in [7, 11) is 3.45. The maximum absolute atomic E-state index is 5.83. The first-order valence-electron chi connectivity index (χ1n) is 7.93. The van der Waals surface area contributed by atoms with Crippen molar-refractivity contribution in [3.05, 3.63) is 23.8 Å². The molecule has 128 valence electrons. The van der Waals surface area contributed by atoms with Crippen LogP contribution in [0.4, 0.5) is 0 Å². The van der Waals surface area contributed by atoms with E-state index in [1.54, 1.807) is 14.2 Å². The number of rotatable bonds is 5. The van der Waals surface area contributed by atoms with E-state index in [9.17, 15) is 0 Å². The van der Waals surface area contributed by atoms with Gasteiger partial charge in [-0.05, 0) is 19.9 Å². The Balaban J connectivity index is 1.97. The molecule has 0 saturated heterocycles. The average molecular weight is 321 g/mol. The summed E-state index contributed by atoms with van der Waals surface area (Å²) in [6.07, 6.45) is 0.900. The molecule has 0 unspecified atom stereocenters. The number of nitrogens with zero attached hydrogens (tertiary/aromatic N) is 1. The minimum atomic E-state index is -0.252. The monoisotopic (exact) mass is 321 g/mol. The molecule has 0 bridgehead atoms. The Morgan fingerprint density at radius 2 is 2.04 bits per heavy atom. The summed E-state index contributed by atoms with van der Waals surface area (Å²) in [6.45, 7) is 6.69. The molecule has 6 nitrogen and oxygen atoms in total. The van der Waals surface area contributed by atoms with E-state index in [-0.39, 0.29) is 5.60 Å². The zero-order valence-corrected chi connectivity index (χ0v) is 14.4. The summed E-state index contributed by atoms with van der Waals surface area (Å²) in [5.74, 6) is 2.36. The van der Waals surface area contributed by atoms with E-state index < -0.39 is 0 Å². The summed E-state index contributed by atoms with van der Waals surface area (Å²) in [5.41, 5.74) is 0.802. The molecule has 1 aromatic rings. The molecule has 0 saturated carbocycles. The molecule has 1 aliphatic heterocycles. The van der Waals surface area contributed by atoms with Crippen molar-refractivity contribution < 1.29 is 14.2 Å². The summed E-state index contributed by atoms with van der Waals surface area (Å²) in [6, 6.07) is 5.96. The summed E-state index contributed by atoms with van der Waals surface area (Å²) in [5, 5.41) is 6.57. The molecule has 2 N–H and O–H groups in total. The minimum Gasteiger partial charge on any atom is -0.490 e. The third-order valence-electron chi connectivity index (χ3n) is 3.76. The van der Waals surface area contributed by atoms with Crippen LogP contribution in [0, 0.1) is 0 Å². The number of benzene rings is 1. The molecule has 0 spiro atoms. The Bertz CT molecular complexity index is 544. The highest BCUT2D eigenvalue weighted by molar-refractivity contribution is 5.79. The number of fused-ring (bicyclic) bond motifs is 1. The van der Waals surface area contributed by atoms with Gasteiger partial charge in [-0.15, -0.1) is 0 Å². The fraction of sp³-hybridized carbons (Fsp3) is 0.588. The van der Waals surface area contributed by atoms with Crippen LogP contribution in [0.3, 0.4) is 0 Å². The lowest BCUT2D eigenvalue weighted by Gasteiger charge is -2.24. The van der Waals surface area contributed by atoms with E-state index in [1.165, 1.54) is 0 Å². The standard InChI is InChI=1S/C17H27N3O3/c1-17(2,21-4)12-20-16(18-3)19-11-13-7-5-8-14-15(13)23-10-6-9-22-14/h5,7-8H,6,9-12H2,1-4H3,(H2,18,19,20). The molecule has 0 radical (unpaired) electrons. The molecule has 1 aliphatic rings. The van der Waals surface area contributed by atoms with Crippen LogP contribution >= 0.6 is 0 Å². The second-order valence-corrected chi connectivity index (χ2v) is 6.04. The molecule has 0 fully saturated rings. The maximum atomic E-state index is 5.83. The normalized spacial score (nSPS) is 15.0. The van der Waals surface area contributed by atoms with E-state index >= 15 is 0 Å². The Labute approximate surface area is 138 Å². The van der Waals surface area contributed by atoms with Crippen molar-refractivity contribution in [1.82, 2.24) is 10.6 Å². The Kier molecular flexibility index (Phi) is 6.10. The molecular weight excluding hydrogens is 294 g/mol. The first kappa shape index (κ1) is 17.4. The molecule has 23 heavy (non-hydrogen) atoms. The number of methoxy groups -OCH3 is 1. The van der Waals surface area contributed by atoms with Crippen LogP contribution in [0.15, 0.2) is 23.2 Å². The lowest BCUT2D eigenvalue weighted by molar-refractivity contribution is 0.0268. The third-order valence-corrected chi connectivity index (χ3v) is 3.76. The molecule has 6 heteroatoms. The van der Waals surface area contributed by atoms with Crippen LogP contribution in [0.1, 0.15) is 25.8 Å². The van der Waals surface area contributed by atoms with Gasteiger partial charge in [-0.1, -0.05) is 12.1 Å². The quantitative estimate of drug-likeness (QED) is 0.641. The van der Waals surface area contributed by atoms with Gasteiger partial charge in [-0.2, -0.15) is 0 Å². The lowest BCUT2D eigenvalue weighted by Crippen LogP contribution is -2.45. The molecule has 0 amide bonds. The molecular formula is C17H27N3O3. The van der Waals surface area contributed by atoms with Gasteiger partial charge < -0.3 is 24.8 Å². The third kappa shape index (κ3) is 5.03. The van der Waals surface area contributed by atoms with Crippen LogP contribution in [0.25, 0.3) is 0 Å². The van der Waals surface area contributed by atoms with E-state index in [1.807, 2.05) is 32.0 Å². The second kappa shape index (κ2) is 8.06. The van der Waals surface area contributed by atoms with Crippen molar-refractivity contribution in [3.8, 4) is 11.5 Å². The smallest absolute Gasteiger partial charge is 0.191 e. The van der Waals surface area contributed by atoms with E-state index in [0.717, 1.165) is 29.4 Å². The summed E-state index contributed by atoms with van der Waals surface area (Å²) < 4.78 is 16.9. The zero-order valence-electron chi connectivity index (χ0n) is 14.4. The van der Waals surface area contributed by atoms with Crippen molar-refractivity contribution in [3.63, 3.8) is 0 Å².